The molecular weight excluding hydrogens is 396 g/mol. The molecule has 0 atom stereocenters. The molecule has 7 nitrogen and oxygen atoms in total. The molecule has 4 aliphatic carbocycles. The summed E-state index contributed by atoms with van der Waals surface area (Å²) in [6.45, 7) is -0.598. The summed E-state index contributed by atoms with van der Waals surface area (Å²) in [5.41, 5.74) is -0.225. The van der Waals surface area contributed by atoms with E-state index in [2.05, 4.69) is 10.6 Å². The Morgan fingerprint density at radius 2 is 1.55 bits per heavy atom. The molecular formula is C24H26N2O5. The van der Waals surface area contributed by atoms with Gasteiger partial charge in [-0.3, -0.25) is 10.1 Å². The largest absolute Gasteiger partial charge is 0.507 e. The summed E-state index contributed by atoms with van der Waals surface area (Å²) in [6, 6.07) is 9.75. The number of nitrogens with one attached hydrogen (secondary N) is 2. The molecule has 4 saturated carbocycles. The van der Waals surface area contributed by atoms with Crippen molar-refractivity contribution in [1.82, 2.24) is 10.6 Å². The Balaban J connectivity index is 1.15. The van der Waals surface area contributed by atoms with Crippen LogP contribution in [0, 0.1) is 17.8 Å². The van der Waals surface area contributed by atoms with Crippen molar-refractivity contribution >= 4 is 28.7 Å². The van der Waals surface area contributed by atoms with Crippen molar-refractivity contribution in [2.24, 2.45) is 17.8 Å². The molecule has 0 saturated heterocycles. The van der Waals surface area contributed by atoms with Crippen molar-refractivity contribution in [1.29, 1.82) is 0 Å². The number of phenols is 1. The van der Waals surface area contributed by atoms with E-state index in [4.69, 9.17) is 4.74 Å². The fourth-order valence-electron chi connectivity index (χ4n) is 6.30. The van der Waals surface area contributed by atoms with Crippen LogP contribution in [-0.4, -0.2) is 35.2 Å². The first-order valence-corrected chi connectivity index (χ1v) is 10.9. The first-order valence-electron chi connectivity index (χ1n) is 10.9. The van der Waals surface area contributed by atoms with Crippen LogP contribution in [0.15, 0.2) is 36.4 Å². The van der Waals surface area contributed by atoms with E-state index in [0.717, 1.165) is 30.0 Å². The minimum Gasteiger partial charge on any atom is -0.507 e. The first-order chi connectivity index (χ1) is 14.9. The van der Waals surface area contributed by atoms with E-state index in [0.29, 0.717) is 17.8 Å². The Morgan fingerprint density at radius 3 is 2.16 bits per heavy atom. The van der Waals surface area contributed by atoms with Crippen LogP contribution in [0.25, 0.3) is 10.8 Å². The highest BCUT2D eigenvalue weighted by Crippen LogP contribution is 2.55. The average Bonchev–Trinajstić information content (AvgIpc) is 2.70. The van der Waals surface area contributed by atoms with Crippen LogP contribution in [0.2, 0.25) is 0 Å². The third kappa shape index (κ3) is 3.96. The van der Waals surface area contributed by atoms with Crippen molar-refractivity contribution in [2.75, 3.05) is 6.61 Å². The van der Waals surface area contributed by atoms with Crippen LogP contribution in [0.5, 0.6) is 5.75 Å². The molecule has 0 radical (unpaired) electrons. The number of benzene rings is 2. The molecule has 0 heterocycles. The van der Waals surface area contributed by atoms with Gasteiger partial charge in [-0.05, 0) is 79.2 Å². The smallest absolute Gasteiger partial charge is 0.342 e. The number of carbonyl (C=O) groups is 3. The highest BCUT2D eigenvalue weighted by Gasteiger charge is 2.51. The number of phenolic OH excluding ortho intramolecular Hbond substituents is 1. The second kappa shape index (κ2) is 7.55. The third-order valence-corrected chi connectivity index (χ3v) is 7.09. The standard InChI is InChI=1S/C24H26N2O5/c27-20-9-18-4-2-1-3-17(18)8-19(20)22(29)31-13-21(28)25-23(30)26-24-10-14-5-15(11-24)7-16(6-14)12-24/h1-4,8-9,14-16,27H,5-7,10-13H2,(H2,25,26,28,30). The molecule has 3 N–H and O–H groups in total. The van der Waals surface area contributed by atoms with Gasteiger partial charge in [-0.1, -0.05) is 24.3 Å². The summed E-state index contributed by atoms with van der Waals surface area (Å²) >= 11 is 0. The van der Waals surface area contributed by atoms with Gasteiger partial charge < -0.3 is 15.2 Å². The fourth-order valence-corrected chi connectivity index (χ4v) is 6.30. The molecule has 0 aliphatic heterocycles. The second-order valence-electron chi connectivity index (χ2n) is 9.49. The summed E-state index contributed by atoms with van der Waals surface area (Å²) < 4.78 is 5.02. The van der Waals surface area contributed by atoms with E-state index in [1.807, 2.05) is 24.3 Å². The lowest BCUT2D eigenvalue weighted by Gasteiger charge is -2.56. The Kier molecular flexibility index (Phi) is 4.84. The number of fused-ring (bicyclic) bond motifs is 1. The lowest BCUT2D eigenvalue weighted by atomic mass is 9.53. The Hall–Kier alpha value is -3.09. The van der Waals surface area contributed by atoms with Crippen LogP contribution in [0.1, 0.15) is 48.9 Å². The van der Waals surface area contributed by atoms with Gasteiger partial charge in [0.25, 0.3) is 5.91 Å². The number of hydrogen-bond donors (Lipinski definition) is 3. The quantitative estimate of drug-likeness (QED) is 0.654. The summed E-state index contributed by atoms with van der Waals surface area (Å²) in [5.74, 6) is 0.299. The van der Waals surface area contributed by atoms with Gasteiger partial charge in [0.1, 0.15) is 11.3 Å². The zero-order valence-electron chi connectivity index (χ0n) is 17.2. The monoisotopic (exact) mass is 422 g/mol. The minimum atomic E-state index is -0.820. The van der Waals surface area contributed by atoms with Gasteiger partial charge in [-0.2, -0.15) is 0 Å². The zero-order chi connectivity index (χ0) is 21.6. The molecule has 0 spiro atoms. The minimum absolute atomic E-state index is 0.0236. The van der Waals surface area contributed by atoms with E-state index < -0.39 is 24.5 Å². The number of urea groups is 1. The van der Waals surface area contributed by atoms with E-state index in [-0.39, 0.29) is 16.9 Å². The van der Waals surface area contributed by atoms with Crippen molar-refractivity contribution in [3.63, 3.8) is 0 Å². The van der Waals surface area contributed by atoms with Gasteiger partial charge in [0.15, 0.2) is 6.61 Å². The number of imide groups is 1. The summed E-state index contributed by atoms with van der Waals surface area (Å²) in [6.07, 6.45) is 6.74. The SMILES string of the molecule is O=C(COC(=O)c1cc2ccccc2cc1O)NC(=O)NC12CC3CC(CC(C3)C1)C2. The highest BCUT2D eigenvalue weighted by atomic mass is 16.5. The number of amides is 3. The predicted molar refractivity (Wildman–Crippen MR) is 113 cm³/mol. The molecule has 31 heavy (non-hydrogen) atoms. The number of ether oxygens (including phenoxy) is 1. The van der Waals surface area contributed by atoms with Gasteiger partial charge in [0, 0.05) is 5.54 Å². The molecule has 2 aromatic carbocycles. The lowest BCUT2D eigenvalue weighted by Crippen LogP contribution is -2.62. The third-order valence-electron chi connectivity index (χ3n) is 7.09. The number of esters is 1. The maximum Gasteiger partial charge on any atom is 0.342 e. The number of carbonyl (C=O) groups excluding carboxylic acids is 3. The van der Waals surface area contributed by atoms with Crippen molar-refractivity contribution in [3.05, 3.63) is 42.0 Å². The van der Waals surface area contributed by atoms with E-state index in [1.165, 1.54) is 31.4 Å². The van der Waals surface area contributed by atoms with Crippen LogP contribution in [0.3, 0.4) is 0 Å². The Bertz CT molecular complexity index is 1030. The molecule has 3 amide bonds. The van der Waals surface area contributed by atoms with Crippen LogP contribution in [0.4, 0.5) is 4.79 Å². The molecule has 4 fully saturated rings. The molecule has 0 unspecified atom stereocenters. The predicted octanol–water partition coefficient (Wildman–Crippen LogP) is 3.50. The van der Waals surface area contributed by atoms with Gasteiger partial charge in [-0.25, -0.2) is 9.59 Å². The number of hydrogen-bond acceptors (Lipinski definition) is 5. The first kappa shape index (κ1) is 19.8. The van der Waals surface area contributed by atoms with Gasteiger partial charge >= 0.3 is 12.0 Å². The number of aromatic hydroxyl groups is 1. The zero-order valence-corrected chi connectivity index (χ0v) is 17.2. The second-order valence-corrected chi connectivity index (χ2v) is 9.49. The fraction of sp³-hybridized carbons (Fsp3) is 0.458. The van der Waals surface area contributed by atoms with E-state index in [9.17, 15) is 19.5 Å². The van der Waals surface area contributed by atoms with Gasteiger partial charge in [-0.15, -0.1) is 0 Å². The van der Waals surface area contributed by atoms with Crippen LogP contribution in [-0.2, 0) is 9.53 Å². The molecule has 6 rings (SSSR count). The lowest BCUT2D eigenvalue weighted by molar-refractivity contribution is -0.123. The van der Waals surface area contributed by atoms with Crippen molar-refractivity contribution in [3.8, 4) is 5.75 Å². The molecule has 2 aromatic rings. The van der Waals surface area contributed by atoms with Crippen LogP contribution < -0.4 is 10.6 Å². The average molecular weight is 422 g/mol. The topological polar surface area (TPSA) is 105 Å². The van der Waals surface area contributed by atoms with E-state index in [1.54, 1.807) is 0 Å². The van der Waals surface area contributed by atoms with Gasteiger partial charge in [0.2, 0.25) is 0 Å². The van der Waals surface area contributed by atoms with Crippen LogP contribution >= 0.6 is 0 Å². The van der Waals surface area contributed by atoms with Gasteiger partial charge in [0.05, 0.1) is 0 Å². The highest BCUT2D eigenvalue weighted by molar-refractivity contribution is 6.00. The maximum absolute atomic E-state index is 12.4. The maximum atomic E-state index is 12.4. The summed E-state index contributed by atoms with van der Waals surface area (Å²) in [5, 5.41) is 17.0. The summed E-state index contributed by atoms with van der Waals surface area (Å²) in [7, 11) is 0. The molecule has 7 heteroatoms. The van der Waals surface area contributed by atoms with Crippen molar-refractivity contribution < 1.29 is 24.2 Å². The normalized spacial score (nSPS) is 28.3. The molecule has 4 bridgehead atoms. The molecule has 162 valence electrons. The number of rotatable bonds is 4. The Morgan fingerprint density at radius 1 is 0.968 bits per heavy atom. The molecule has 4 aliphatic rings. The Labute approximate surface area is 180 Å². The summed E-state index contributed by atoms with van der Waals surface area (Å²) in [4.78, 5) is 36.9. The molecule has 0 aromatic heterocycles. The van der Waals surface area contributed by atoms with E-state index >= 15 is 0 Å². The van der Waals surface area contributed by atoms with Crippen molar-refractivity contribution in [2.45, 2.75) is 44.1 Å².